The smallest absolute Gasteiger partial charge is 0.418 e. The fourth-order valence-corrected chi connectivity index (χ4v) is 9.55. The molecule has 0 spiro atoms. The highest BCUT2D eigenvalue weighted by Crippen LogP contribution is 2.50. The Balaban J connectivity index is 0.000000294. The molecule has 3 aliphatic rings. The van der Waals surface area contributed by atoms with Crippen molar-refractivity contribution < 1.29 is 101 Å². The van der Waals surface area contributed by atoms with Crippen molar-refractivity contribution in [2.75, 3.05) is 76.3 Å². The second-order valence-electron chi connectivity index (χ2n) is 16.6. The van der Waals surface area contributed by atoms with Gasteiger partial charge in [-0.3, -0.25) is 19.2 Å². The molecule has 0 radical (unpaired) electrons. The van der Waals surface area contributed by atoms with E-state index < -0.39 is 110 Å². The summed E-state index contributed by atoms with van der Waals surface area (Å²) in [5.41, 5.74) is -9.10. The minimum absolute atomic E-state index is 0.0686. The minimum atomic E-state index is -5.42. The van der Waals surface area contributed by atoms with Crippen LogP contribution in [0.1, 0.15) is 29.5 Å². The molecule has 1 aliphatic carbocycles. The second-order valence-corrected chi connectivity index (χ2v) is 18.9. The van der Waals surface area contributed by atoms with E-state index in [0.29, 0.717) is 23.5 Å². The number of carbonyl (C=O) groups is 6. The number of thioether (sulfide) groups is 1. The topological polar surface area (TPSA) is 216 Å². The number of carboxylic acid groups (broad SMARTS) is 2. The Bertz CT molecular complexity index is 2930. The number of ether oxygens (including phenoxy) is 2. The van der Waals surface area contributed by atoms with E-state index in [2.05, 4.69) is 16.0 Å². The number of amides is 6. The van der Waals surface area contributed by atoms with Crippen molar-refractivity contribution >= 4 is 76.8 Å². The number of nitrogens with one attached hydrogen (secondary N) is 4. The van der Waals surface area contributed by atoms with E-state index >= 15 is 0 Å². The van der Waals surface area contributed by atoms with Crippen LogP contribution < -0.4 is 21.3 Å². The van der Waals surface area contributed by atoms with Crippen molar-refractivity contribution in [1.29, 1.82) is 0 Å². The highest BCUT2D eigenvalue weighted by Gasteiger charge is 2.49. The maximum absolute atomic E-state index is 14.3. The molecule has 6 amide bonds. The summed E-state index contributed by atoms with van der Waals surface area (Å²) in [7, 11) is 0. The number of carbonyl (C=O) groups excluding carboxylic acids is 4. The molecule has 2 fully saturated rings. The Labute approximate surface area is 455 Å². The lowest BCUT2D eigenvalue weighted by Gasteiger charge is -2.25. The van der Waals surface area contributed by atoms with Gasteiger partial charge < -0.3 is 50.8 Å². The second kappa shape index (κ2) is 28.1. The zero-order chi connectivity index (χ0) is 59.0. The van der Waals surface area contributed by atoms with Crippen molar-refractivity contribution in [2.24, 2.45) is 0 Å². The number of anilines is 2. The third-order valence-corrected chi connectivity index (χ3v) is 13.0. The lowest BCUT2D eigenvalue weighted by Crippen LogP contribution is -2.39. The molecule has 3 aromatic carbocycles. The number of hydrogen-bond acceptors (Lipinski definition) is 10. The molecule has 0 aromatic heterocycles. The number of morpholine rings is 2. The average molecular weight is 1180 g/mol. The number of urea groups is 2. The number of alkyl halides is 12. The normalized spacial score (nSPS) is 15.6. The zero-order valence-corrected chi connectivity index (χ0v) is 42.8. The van der Waals surface area contributed by atoms with Crippen molar-refractivity contribution in [3.8, 4) is 0 Å². The van der Waals surface area contributed by atoms with Gasteiger partial charge in [0, 0.05) is 75.8 Å². The van der Waals surface area contributed by atoms with Gasteiger partial charge in [-0.25, -0.2) is 9.59 Å². The summed E-state index contributed by atoms with van der Waals surface area (Å²) >= 11 is 0.820. The largest absolute Gasteiger partial charge is 0.481 e. The van der Waals surface area contributed by atoms with Crippen molar-refractivity contribution in [3.63, 3.8) is 0 Å². The van der Waals surface area contributed by atoms with Crippen LogP contribution in [0.5, 0.6) is 0 Å². The van der Waals surface area contributed by atoms with Crippen molar-refractivity contribution in [3.05, 3.63) is 129 Å². The molecule has 16 nitrogen and oxygen atoms in total. The molecule has 0 saturated carbocycles. The van der Waals surface area contributed by atoms with Gasteiger partial charge in [0.2, 0.25) is 11.8 Å². The van der Waals surface area contributed by atoms with E-state index in [1.54, 1.807) is 0 Å². The molecule has 0 atom stereocenters. The molecule has 3 aromatic rings. The summed E-state index contributed by atoms with van der Waals surface area (Å²) in [6.07, 6.45) is -17.2. The molecular weight excluding hydrogens is 1140 g/mol. The minimum Gasteiger partial charge on any atom is -0.481 e. The first kappa shape index (κ1) is 63.4. The van der Waals surface area contributed by atoms with Crippen LogP contribution in [0.3, 0.4) is 0 Å². The van der Waals surface area contributed by atoms with Gasteiger partial charge in [0.1, 0.15) is 6.54 Å². The zero-order valence-electron chi connectivity index (χ0n) is 41.1. The Morgan fingerprint density at radius 2 is 1.07 bits per heavy atom. The number of hydrogen-bond donors (Lipinski definition) is 6. The van der Waals surface area contributed by atoms with E-state index in [9.17, 15) is 81.5 Å². The van der Waals surface area contributed by atoms with Gasteiger partial charge in [0.05, 0.1) is 55.1 Å². The quantitative estimate of drug-likeness (QED) is 0.0619. The van der Waals surface area contributed by atoms with Crippen LogP contribution in [0.4, 0.5) is 73.6 Å². The van der Waals surface area contributed by atoms with Gasteiger partial charge >= 0.3 is 48.7 Å². The highest BCUT2D eigenvalue weighted by atomic mass is 32.2. The van der Waals surface area contributed by atoms with Crippen LogP contribution in [-0.2, 0) is 41.0 Å². The number of allylic oxidation sites excluding steroid dienone is 6. The molecule has 2 aliphatic heterocycles. The summed E-state index contributed by atoms with van der Waals surface area (Å²) < 4.78 is 180. The molecule has 2 saturated heterocycles. The lowest BCUT2D eigenvalue weighted by molar-refractivity contribution is -0.163. The molecule has 30 heteroatoms. The molecule has 432 valence electrons. The van der Waals surface area contributed by atoms with E-state index in [0.717, 1.165) is 48.6 Å². The predicted molar refractivity (Wildman–Crippen MR) is 266 cm³/mol. The first-order chi connectivity index (χ1) is 37.5. The van der Waals surface area contributed by atoms with Gasteiger partial charge in [0.25, 0.3) is 0 Å². The van der Waals surface area contributed by atoms with Gasteiger partial charge in [-0.1, -0.05) is 53.9 Å². The van der Waals surface area contributed by atoms with Crippen LogP contribution in [0.25, 0.3) is 6.08 Å². The third kappa shape index (κ3) is 19.4. The number of nitrogens with zero attached hydrogens (tertiary/aromatic N) is 2. The van der Waals surface area contributed by atoms with E-state index in [1.807, 2.05) is 5.32 Å². The van der Waals surface area contributed by atoms with Gasteiger partial charge in [-0.2, -0.15) is 52.7 Å². The number of halogens is 12. The van der Waals surface area contributed by atoms with Crippen LogP contribution in [0.15, 0.2) is 127 Å². The summed E-state index contributed by atoms with van der Waals surface area (Å²) in [5, 5.41) is 26.2. The van der Waals surface area contributed by atoms with Crippen molar-refractivity contribution in [2.45, 2.75) is 52.2 Å². The lowest BCUT2D eigenvalue weighted by atomic mass is 9.98. The maximum Gasteiger partial charge on any atom is 0.418 e. The summed E-state index contributed by atoms with van der Waals surface area (Å²) in [6, 6.07) is 10.7. The van der Waals surface area contributed by atoms with E-state index in [-0.39, 0.29) is 93.2 Å². The van der Waals surface area contributed by atoms with Crippen molar-refractivity contribution in [1.82, 2.24) is 20.4 Å². The monoisotopic (exact) mass is 1180 g/mol. The van der Waals surface area contributed by atoms with Crippen LogP contribution in [-0.4, -0.2) is 134 Å². The molecule has 6 N–H and O–H groups in total. The maximum atomic E-state index is 14.3. The standard InChI is InChI=1S/2C25H23F6N3O5S/c26-24(27,28)21-15(7-8-19(35)34-9-11-39-12-10-34)3-1-6-18(22(21)25(29,30)31)40-17-5-2-4-16(13-17)33-23(38)32-14-20(36)37;26-24(27,28)21-15(5-7-19(35)34-10-12-39-13-11-34)4-6-18(22(21)25(29,30)31)40-17-3-1-2-16(14-17)33-23(38)32-9-8-20(36)37/h2-8,13H,1,9-12,14H2,(H,36,37)(H2,32,33,38);1-7,14H,8-13H2,(H,36,37)(H2,32,33,38)/b8-7+;7-5+. The van der Waals surface area contributed by atoms with Gasteiger partial charge in [-0.15, -0.1) is 0 Å². The third-order valence-electron chi connectivity index (χ3n) is 10.9. The van der Waals surface area contributed by atoms with Gasteiger partial charge in [-0.05, 0) is 72.2 Å². The fraction of sp³-hybridized carbons (Fsp3) is 0.320. The van der Waals surface area contributed by atoms with Crippen LogP contribution >= 0.6 is 23.5 Å². The summed E-state index contributed by atoms with van der Waals surface area (Å²) in [5.74, 6) is -3.75. The Hall–Kier alpha value is -7.44. The first-order valence-corrected chi connectivity index (χ1v) is 24.9. The predicted octanol–water partition coefficient (Wildman–Crippen LogP) is 10.4. The highest BCUT2D eigenvalue weighted by molar-refractivity contribution is 8.03. The number of aliphatic carboxylic acids is 2. The SMILES string of the molecule is O=C(O)CCNC(=O)Nc1cccc(Sc2ccc(/C=C/C(=O)N3CCOCC3)c(C(F)(F)F)c2C(F)(F)F)c1.O=C(O)CNC(=O)Nc1cccc(SC2=CCC=C(/C=C/C(=O)N3CCOCC3)C(C(F)(F)F)=C2C(F)(F)F)c1. The van der Waals surface area contributed by atoms with E-state index in [4.69, 9.17) is 19.7 Å². The number of benzene rings is 3. The molecular formula is C50H46F12N6O10S2. The molecule has 0 bridgehead atoms. The first-order valence-electron chi connectivity index (χ1n) is 23.3. The fourth-order valence-electron chi connectivity index (χ4n) is 7.42. The Morgan fingerprint density at radius 3 is 1.56 bits per heavy atom. The molecule has 6 rings (SSSR count). The molecule has 80 heavy (non-hydrogen) atoms. The average Bonchev–Trinajstić information content (AvgIpc) is 3.61. The van der Waals surface area contributed by atoms with Gasteiger partial charge in [0.15, 0.2) is 0 Å². The summed E-state index contributed by atoms with van der Waals surface area (Å²) in [6.45, 7) is 0.912. The number of carboxylic acids is 2. The Kier molecular flexibility index (Phi) is 22.3. The van der Waals surface area contributed by atoms with E-state index in [1.165, 1.54) is 58.3 Å². The number of rotatable bonds is 15. The van der Waals surface area contributed by atoms with Crippen LogP contribution in [0, 0.1) is 0 Å². The molecule has 0 unspecified atom stereocenters. The Morgan fingerprint density at radius 1 is 0.575 bits per heavy atom. The molecule has 2 heterocycles. The van der Waals surface area contributed by atoms with Crippen LogP contribution in [0.2, 0.25) is 0 Å². The summed E-state index contributed by atoms with van der Waals surface area (Å²) in [4.78, 5) is 70.9.